The summed E-state index contributed by atoms with van der Waals surface area (Å²) < 4.78 is 6.14. The summed E-state index contributed by atoms with van der Waals surface area (Å²) in [4.78, 5) is 33.9. The third-order valence-corrected chi connectivity index (χ3v) is 3.14. The van der Waals surface area contributed by atoms with Crippen LogP contribution in [-0.2, 0) is 11.3 Å². The highest BCUT2D eigenvalue weighted by Gasteiger charge is 2.11. The first-order valence-electron chi connectivity index (χ1n) is 6.82. The highest BCUT2D eigenvalue weighted by Crippen LogP contribution is 2.22. The van der Waals surface area contributed by atoms with Crippen LogP contribution in [0.25, 0.3) is 11.3 Å². The minimum Gasteiger partial charge on any atom is -0.548 e. The minimum absolute atomic E-state index is 0.257. The van der Waals surface area contributed by atoms with Gasteiger partial charge in [0.15, 0.2) is 0 Å². The van der Waals surface area contributed by atoms with Gasteiger partial charge in [-0.1, -0.05) is 0 Å². The average molecular weight is 315 g/mol. The molecule has 0 saturated heterocycles. The van der Waals surface area contributed by atoms with Gasteiger partial charge in [-0.05, 0) is 48.9 Å². The van der Waals surface area contributed by atoms with Gasteiger partial charge in [0, 0.05) is 0 Å². The van der Waals surface area contributed by atoms with E-state index in [0.717, 1.165) is 10.6 Å². The number of carboxylic acid groups (broad SMARTS) is 2. The van der Waals surface area contributed by atoms with E-state index < -0.39 is 29.6 Å². The Kier molecular flexibility index (Phi) is 4.80. The van der Waals surface area contributed by atoms with Crippen LogP contribution < -0.4 is 20.5 Å². The van der Waals surface area contributed by atoms with Gasteiger partial charge in [-0.3, -0.25) is 4.79 Å². The van der Waals surface area contributed by atoms with Gasteiger partial charge >= 0.3 is 0 Å². The van der Waals surface area contributed by atoms with Gasteiger partial charge in [-0.15, -0.1) is 0 Å². The maximum absolute atomic E-state index is 12.1. The second-order valence-electron chi connectivity index (χ2n) is 4.64. The largest absolute Gasteiger partial charge is 0.548 e. The molecule has 0 aliphatic carbocycles. The van der Waals surface area contributed by atoms with Gasteiger partial charge in [0.25, 0.3) is 5.56 Å². The van der Waals surface area contributed by atoms with Crippen molar-refractivity contribution in [2.45, 2.75) is 13.5 Å². The predicted octanol–water partition coefficient (Wildman–Crippen LogP) is -0.973. The van der Waals surface area contributed by atoms with Crippen molar-refractivity contribution in [1.82, 2.24) is 4.57 Å². The summed E-state index contributed by atoms with van der Waals surface area (Å²) in [6, 6.07) is 9.06. The maximum atomic E-state index is 12.1. The van der Waals surface area contributed by atoms with Crippen LogP contribution in [0.4, 0.5) is 0 Å². The van der Waals surface area contributed by atoms with E-state index in [1.54, 1.807) is 24.3 Å². The number of carboxylic acids is 2. The zero-order valence-corrected chi connectivity index (χ0v) is 12.3. The summed E-state index contributed by atoms with van der Waals surface area (Å²) >= 11 is 0. The molecule has 7 nitrogen and oxygen atoms in total. The standard InChI is InChI=1S/C16H15NO6/c1-2-23-11-5-3-10(4-6-11)13-8-7-12(16(21)22)15(20)17(13)9-14(18)19/h3-8H,2,9H2,1H3,(H,18,19)(H,21,22)/p-2. The summed E-state index contributed by atoms with van der Waals surface area (Å²) in [7, 11) is 0. The second kappa shape index (κ2) is 6.78. The fourth-order valence-electron chi connectivity index (χ4n) is 2.16. The van der Waals surface area contributed by atoms with Crippen molar-refractivity contribution >= 4 is 11.9 Å². The van der Waals surface area contributed by atoms with Gasteiger partial charge in [0.2, 0.25) is 0 Å². The topological polar surface area (TPSA) is 111 Å². The number of hydrogen-bond acceptors (Lipinski definition) is 6. The smallest absolute Gasteiger partial charge is 0.260 e. The highest BCUT2D eigenvalue weighted by atomic mass is 16.5. The number of pyridine rings is 1. The molecule has 0 aliphatic rings. The van der Waals surface area contributed by atoms with Gasteiger partial charge in [0.05, 0.1) is 36.3 Å². The lowest BCUT2D eigenvalue weighted by Crippen LogP contribution is -2.38. The Hall–Kier alpha value is -3.09. The lowest BCUT2D eigenvalue weighted by molar-refractivity contribution is -0.306. The summed E-state index contributed by atoms with van der Waals surface area (Å²) in [6.45, 7) is 1.57. The first-order valence-corrected chi connectivity index (χ1v) is 6.82. The molecule has 2 rings (SSSR count). The molecule has 0 amide bonds. The Bertz CT molecular complexity index is 791. The van der Waals surface area contributed by atoms with Crippen molar-refractivity contribution in [3.8, 4) is 17.0 Å². The van der Waals surface area contributed by atoms with Gasteiger partial charge in [0.1, 0.15) is 5.75 Å². The van der Waals surface area contributed by atoms with Crippen LogP contribution in [0.2, 0.25) is 0 Å². The monoisotopic (exact) mass is 315 g/mol. The number of rotatable bonds is 6. The summed E-state index contributed by atoms with van der Waals surface area (Å²) in [5, 5.41) is 21.8. The number of hydrogen-bond donors (Lipinski definition) is 0. The number of benzene rings is 1. The summed E-state index contributed by atoms with van der Waals surface area (Å²) in [5.41, 5.74) is -0.773. The number of nitrogens with zero attached hydrogens (tertiary/aromatic N) is 1. The SMILES string of the molecule is CCOc1ccc(-c2ccc(C(=O)[O-])c(=O)n2CC(=O)[O-])cc1. The van der Waals surface area contributed by atoms with E-state index in [9.17, 15) is 24.6 Å². The molecule has 0 fully saturated rings. The molecule has 7 heteroatoms. The van der Waals surface area contributed by atoms with Crippen molar-refractivity contribution in [2.24, 2.45) is 0 Å². The molecular formula is C16H13NO6-2. The maximum Gasteiger partial charge on any atom is 0.260 e. The number of carbonyl (C=O) groups is 2. The molecule has 0 N–H and O–H groups in total. The van der Waals surface area contributed by atoms with E-state index in [1.807, 2.05) is 6.92 Å². The predicted molar refractivity (Wildman–Crippen MR) is 76.6 cm³/mol. The first kappa shape index (κ1) is 16.3. The van der Waals surface area contributed by atoms with E-state index in [0.29, 0.717) is 17.9 Å². The molecule has 2 aromatic rings. The van der Waals surface area contributed by atoms with Crippen LogP contribution in [0.3, 0.4) is 0 Å². The Labute approximate surface area is 131 Å². The summed E-state index contributed by atoms with van der Waals surface area (Å²) in [6.07, 6.45) is 0. The van der Waals surface area contributed by atoms with Crippen LogP contribution in [0.1, 0.15) is 17.3 Å². The Morgan fingerprint density at radius 3 is 2.26 bits per heavy atom. The highest BCUT2D eigenvalue weighted by molar-refractivity contribution is 5.86. The van der Waals surface area contributed by atoms with Crippen LogP contribution >= 0.6 is 0 Å². The van der Waals surface area contributed by atoms with Gasteiger partial charge in [-0.2, -0.15) is 0 Å². The van der Waals surface area contributed by atoms with Crippen LogP contribution in [0.15, 0.2) is 41.2 Å². The minimum atomic E-state index is -1.67. The van der Waals surface area contributed by atoms with E-state index in [1.165, 1.54) is 6.07 Å². The molecule has 0 saturated carbocycles. The first-order chi connectivity index (χ1) is 10.9. The molecule has 0 radical (unpaired) electrons. The fourth-order valence-corrected chi connectivity index (χ4v) is 2.16. The second-order valence-corrected chi connectivity index (χ2v) is 4.64. The third-order valence-electron chi connectivity index (χ3n) is 3.14. The van der Waals surface area contributed by atoms with Crippen molar-refractivity contribution in [3.63, 3.8) is 0 Å². The Balaban J connectivity index is 2.56. The fraction of sp³-hybridized carbons (Fsp3) is 0.188. The average Bonchev–Trinajstić information content (AvgIpc) is 2.50. The normalized spacial score (nSPS) is 10.3. The molecule has 0 spiro atoms. The molecule has 23 heavy (non-hydrogen) atoms. The van der Waals surface area contributed by atoms with E-state index >= 15 is 0 Å². The summed E-state index contributed by atoms with van der Waals surface area (Å²) in [5.74, 6) is -2.55. The van der Waals surface area contributed by atoms with Crippen LogP contribution in [0, 0.1) is 0 Å². The number of carbonyl (C=O) groups excluding carboxylic acids is 2. The lowest BCUT2D eigenvalue weighted by Gasteiger charge is -2.16. The molecule has 1 aromatic carbocycles. The van der Waals surface area contributed by atoms with Crippen LogP contribution in [0.5, 0.6) is 5.75 Å². The van der Waals surface area contributed by atoms with Crippen molar-refractivity contribution in [3.05, 3.63) is 52.3 Å². The Morgan fingerprint density at radius 2 is 1.74 bits per heavy atom. The van der Waals surface area contributed by atoms with Crippen molar-refractivity contribution in [2.75, 3.05) is 6.61 Å². The molecule has 1 aromatic heterocycles. The molecule has 0 aliphatic heterocycles. The number of aromatic nitrogens is 1. The van der Waals surface area contributed by atoms with E-state index in [4.69, 9.17) is 4.74 Å². The van der Waals surface area contributed by atoms with Crippen molar-refractivity contribution < 1.29 is 24.5 Å². The van der Waals surface area contributed by atoms with E-state index in [2.05, 4.69) is 0 Å². The molecule has 0 atom stereocenters. The lowest BCUT2D eigenvalue weighted by atomic mass is 10.1. The number of ether oxygens (including phenoxy) is 1. The molecule has 0 bridgehead atoms. The molecule has 1 heterocycles. The third kappa shape index (κ3) is 3.57. The number of aliphatic carboxylic acids is 1. The quantitative estimate of drug-likeness (QED) is 0.678. The molecular weight excluding hydrogens is 302 g/mol. The van der Waals surface area contributed by atoms with Crippen molar-refractivity contribution in [1.29, 1.82) is 0 Å². The molecule has 0 unspecified atom stereocenters. The molecule has 120 valence electrons. The van der Waals surface area contributed by atoms with Gasteiger partial charge in [-0.25, -0.2) is 0 Å². The van der Waals surface area contributed by atoms with E-state index in [-0.39, 0.29) is 5.69 Å². The number of aromatic carboxylic acids is 1. The van der Waals surface area contributed by atoms with Gasteiger partial charge < -0.3 is 29.1 Å². The van der Waals surface area contributed by atoms with Crippen LogP contribution in [-0.4, -0.2) is 23.1 Å². The zero-order valence-electron chi connectivity index (χ0n) is 12.3. The zero-order chi connectivity index (χ0) is 17.0. The Morgan fingerprint density at radius 1 is 1.09 bits per heavy atom.